The largest absolute Gasteiger partial charge is 0.399 e. The number of ether oxygens (including phenoxy) is 1. The number of sulfonamides is 1. The molecule has 0 aromatic heterocycles. The molecule has 18 heavy (non-hydrogen) atoms. The molecule has 1 aromatic carbocycles. The molecule has 0 saturated carbocycles. The molecule has 1 fully saturated rings. The summed E-state index contributed by atoms with van der Waals surface area (Å²) in [5.74, 6) is 0. The van der Waals surface area contributed by atoms with E-state index in [-0.39, 0.29) is 17.0 Å². The van der Waals surface area contributed by atoms with Gasteiger partial charge in [-0.3, -0.25) is 0 Å². The summed E-state index contributed by atoms with van der Waals surface area (Å²) in [6.45, 7) is 4.21. The van der Waals surface area contributed by atoms with Gasteiger partial charge >= 0.3 is 0 Å². The fourth-order valence-corrected chi connectivity index (χ4v) is 3.67. The van der Waals surface area contributed by atoms with Gasteiger partial charge in [0.25, 0.3) is 0 Å². The van der Waals surface area contributed by atoms with Crippen molar-refractivity contribution in [2.75, 3.05) is 12.3 Å². The number of nitrogens with two attached hydrogens (primary N) is 1. The van der Waals surface area contributed by atoms with E-state index in [9.17, 15) is 8.42 Å². The smallest absolute Gasteiger partial charge is 0.241 e. The van der Waals surface area contributed by atoms with E-state index >= 15 is 0 Å². The maximum atomic E-state index is 12.3. The standard InChI is InChI=1S/C12H18N2O3S/c1-8-3-4-10(13)7-12(8)18(15,16)14-11-5-6-17-9(11)2/h3-4,7,9,11,14H,5-6,13H2,1-2H3. The van der Waals surface area contributed by atoms with Gasteiger partial charge in [0.05, 0.1) is 17.0 Å². The van der Waals surface area contributed by atoms with Crippen molar-refractivity contribution in [1.82, 2.24) is 4.72 Å². The van der Waals surface area contributed by atoms with Crippen molar-refractivity contribution < 1.29 is 13.2 Å². The Morgan fingerprint density at radius 1 is 1.44 bits per heavy atom. The van der Waals surface area contributed by atoms with Crippen LogP contribution in [0, 0.1) is 6.92 Å². The Balaban J connectivity index is 2.28. The van der Waals surface area contributed by atoms with Crippen LogP contribution in [0.15, 0.2) is 23.1 Å². The molecular weight excluding hydrogens is 252 g/mol. The lowest BCUT2D eigenvalue weighted by Gasteiger charge is -2.17. The van der Waals surface area contributed by atoms with Crippen LogP contribution in [0.3, 0.4) is 0 Å². The fraction of sp³-hybridized carbons (Fsp3) is 0.500. The number of benzene rings is 1. The monoisotopic (exact) mass is 270 g/mol. The average Bonchev–Trinajstić information content (AvgIpc) is 2.67. The molecule has 0 bridgehead atoms. The van der Waals surface area contributed by atoms with Crippen LogP contribution in [0.25, 0.3) is 0 Å². The second-order valence-electron chi connectivity index (χ2n) is 4.62. The van der Waals surface area contributed by atoms with E-state index in [4.69, 9.17) is 10.5 Å². The molecule has 0 aliphatic carbocycles. The Bertz CT molecular complexity index is 542. The Labute approximate surface area is 107 Å². The van der Waals surface area contributed by atoms with Gasteiger partial charge in [-0.05, 0) is 38.0 Å². The molecule has 2 rings (SSSR count). The number of hydrogen-bond acceptors (Lipinski definition) is 4. The topological polar surface area (TPSA) is 81.4 Å². The highest BCUT2D eigenvalue weighted by molar-refractivity contribution is 7.89. The summed E-state index contributed by atoms with van der Waals surface area (Å²) in [4.78, 5) is 0.238. The molecule has 1 aromatic rings. The quantitative estimate of drug-likeness (QED) is 0.804. The number of hydrogen-bond donors (Lipinski definition) is 2. The molecule has 0 radical (unpaired) electrons. The van der Waals surface area contributed by atoms with Gasteiger partial charge in [-0.15, -0.1) is 0 Å². The molecule has 100 valence electrons. The molecule has 0 spiro atoms. The number of nitrogen functional groups attached to an aromatic ring is 1. The second kappa shape index (κ2) is 4.87. The summed E-state index contributed by atoms with van der Waals surface area (Å²) in [5.41, 5.74) is 6.77. The third kappa shape index (κ3) is 2.66. The first-order valence-corrected chi connectivity index (χ1v) is 7.38. The molecule has 1 aliphatic heterocycles. The van der Waals surface area contributed by atoms with Gasteiger partial charge in [-0.1, -0.05) is 6.07 Å². The summed E-state index contributed by atoms with van der Waals surface area (Å²) in [7, 11) is -3.54. The normalized spacial score (nSPS) is 24.3. The molecule has 1 saturated heterocycles. The predicted octanol–water partition coefficient (Wildman–Crippen LogP) is 1.03. The first kappa shape index (κ1) is 13.3. The maximum absolute atomic E-state index is 12.3. The van der Waals surface area contributed by atoms with Crippen LogP contribution in [-0.2, 0) is 14.8 Å². The SMILES string of the molecule is Cc1ccc(N)cc1S(=O)(=O)NC1CCOC1C. The van der Waals surface area contributed by atoms with Crippen molar-refractivity contribution in [1.29, 1.82) is 0 Å². The molecule has 6 heteroatoms. The maximum Gasteiger partial charge on any atom is 0.241 e. The number of aryl methyl sites for hydroxylation is 1. The Morgan fingerprint density at radius 2 is 2.17 bits per heavy atom. The minimum Gasteiger partial charge on any atom is -0.399 e. The molecule has 0 amide bonds. The fourth-order valence-electron chi connectivity index (χ4n) is 2.06. The zero-order valence-corrected chi connectivity index (χ0v) is 11.3. The van der Waals surface area contributed by atoms with E-state index in [0.717, 1.165) is 0 Å². The van der Waals surface area contributed by atoms with Gasteiger partial charge in [0.15, 0.2) is 0 Å². The van der Waals surface area contributed by atoms with Crippen molar-refractivity contribution in [3.63, 3.8) is 0 Å². The lowest BCUT2D eigenvalue weighted by Crippen LogP contribution is -2.39. The first-order valence-electron chi connectivity index (χ1n) is 5.90. The van der Waals surface area contributed by atoms with Crippen LogP contribution >= 0.6 is 0 Å². The van der Waals surface area contributed by atoms with Gasteiger partial charge < -0.3 is 10.5 Å². The second-order valence-corrected chi connectivity index (χ2v) is 6.30. The zero-order chi connectivity index (χ0) is 13.3. The van der Waals surface area contributed by atoms with E-state index in [2.05, 4.69) is 4.72 Å². The Kier molecular flexibility index (Phi) is 3.61. The van der Waals surface area contributed by atoms with Gasteiger partial charge in [0, 0.05) is 12.3 Å². The van der Waals surface area contributed by atoms with Crippen molar-refractivity contribution in [2.24, 2.45) is 0 Å². The van der Waals surface area contributed by atoms with Crippen molar-refractivity contribution in [3.8, 4) is 0 Å². The molecule has 3 N–H and O–H groups in total. The lowest BCUT2D eigenvalue weighted by molar-refractivity contribution is 0.117. The van der Waals surface area contributed by atoms with E-state index in [1.54, 1.807) is 19.1 Å². The zero-order valence-electron chi connectivity index (χ0n) is 10.5. The summed E-state index contributed by atoms with van der Waals surface area (Å²) in [5, 5.41) is 0. The van der Waals surface area contributed by atoms with E-state index < -0.39 is 10.0 Å². The third-order valence-corrected chi connectivity index (χ3v) is 4.82. The van der Waals surface area contributed by atoms with Crippen molar-refractivity contribution >= 4 is 15.7 Å². The molecule has 2 atom stereocenters. The van der Waals surface area contributed by atoms with Gasteiger partial charge in [0.1, 0.15) is 0 Å². The summed E-state index contributed by atoms with van der Waals surface area (Å²) in [6.07, 6.45) is 0.600. The Morgan fingerprint density at radius 3 is 2.78 bits per heavy atom. The molecule has 5 nitrogen and oxygen atoms in total. The minimum atomic E-state index is -3.54. The first-order chi connectivity index (χ1) is 8.40. The van der Waals surface area contributed by atoms with Gasteiger partial charge in [-0.2, -0.15) is 0 Å². The summed E-state index contributed by atoms with van der Waals surface area (Å²) in [6, 6.07) is 4.71. The molecule has 1 aliphatic rings. The average molecular weight is 270 g/mol. The molecule has 1 heterocycles. The van der Waals surface area contributed by atoms with Gasteiger partial charge in [-0.25, -0.2) is 13.1 Å². The van der Waals surface area contributed by atoms with Gasteiger partial charge in [0.2, 0.25) is 10.0 Å². The highest BCUT2D eigenvalue weighted by atomic mass is 32.2. The van der Waals surface area contributed by atoms with Crippen LogP contribution < -0.4 is 10.5 Å². The minimum absolute atomic E-state index is 0.0962. The van der Waals surface area contributed by atoms with E-state index in [0.29, 0.717) is 24.3 Å². The third-order valence-electron chi connectivity index (χ3n) is 3.18. The van der Waals surface area contributed by atoms with E-state index in [1.165, 1.54) is 6.07 Å². The lowest BCUT2D eigenvalue weighted by atomic mass is 10.2. The predicted molar refractivity (Wildman–Crippen MR) is 69.7 cm³/mol. The number of rotatable bonds is 3. The summed E-state index contributed by atoms with van der Waals surface area (Å²) < 4.78 is 32.6. The van der Waals surface area contributed by atoms with Crippen LogP contribution in [0.5, 0.6) is 0 Å². The summed E-state index contributed by atoms with van der Waals surface area (Å²) >= 11 is 0. The van der Waals surface area contributed by atoms with Crippen LogP contribution in [0.1, 0.15) is 18.9 Å². The van der Waals surface area contributed by atoms with Crippen LogP contribution in [0.4, 0.5) is 5.69 Å². The molecule has 2 unspecified atom stereocenters. The van der Waals surface area contributed by atoms with Crippen LogP contribution in [0.2, 0.25) is 0 Å². The number of nitrogens with one attached hydrogen (secondary N) is 1. The highest BCUT2D eigenvalue weighted by Gasteiger charge is 2.29. The van der Waals surface area contributed by atoms with Crippen molar-refractivity contribution in [3.05, 3.63) is 23.8 Å². The van der Waals surface area contributed by atoms with Crippen molar-refractivity contribution in [2.45, 2.75) is 37.3 Å². The van der Waals surface area contributed by atoms with Crippen LogP contribution in [-0.4, -0.2) is 27.2 Å². The highest BCUT2D eigenvalue weighted by Crippen LogP contribution is 2.21. The Hall–Kier alpha value is -1.11. The molecular formula is C12H18N2O3S. The van der Waals surface area contributed by atoms with E-state index in [1.807, 2.05) is 6.92 Å². The number of anilines is 1.